The van der Waals surface area contributed by atoms with E-state index in [1.165, 1.54) is 29.5 Å². The Morgan fingerprint density at radius 2 is 2.23 bits per heavy atom. The molecule has 10 heteroatoms. The first kappa shape index (κ1) is 20.9. The zero-order chi connectivity index (χ0) is 21.3. The first-order chi connectivity index (χ1) is 14.5. The smallest absolute Gasteiger partial charge is 0.338 e. The van der Waals surface area contributed by atoms with Gasteiger partial charge in [0, 0.05) is 47.5 Å². The molecule has 2 aliphatic rings. The number of halogens is 3. The number of ether oxygens (including phenoxy) is 1. The van der Waals surface area contributed by atoms with Crippen molar-refractivity contribution in [2.75, 3.05) is 26.2 Å². The molecule has 1 aromatic carbocycles. The van der Waals surface area contributed by atoms with Crippen LogP contribution in [0.5, 0.6) is 0 Å². The Labute approximate surface area is 181 Å². The monoisotopic (exact) mass is 452 g/mol. The van der Waals surface area contributed by atoms with Crippen LogP contribution in [0.2, 0.25) is 5.02 Å². The molecule has 0 spiro atoms. The Morgan fingerprint density at radius 1 is 1.43 bits per heavy atom. The lowest BCUT2D eigenvalue weighted by Crippen LogP contribution is -2.51. The van der Waals surface area contributed by atoms with E-state index >= 15 is 0 Å². The Bertz CT molecular complexity index is 1010. The molecule has 1 aromatic heterocycles. The van der Waals surface area contributed by atoms with Crippen molar-refractivity contribution >= 4 is 34.7 Å². The van der Waals surface area contributed by atoms with E-state index in [9.17, 15) is 13.6 Å². The van der Waals surface area contributed by atoms with Gasteiger partial charge in [0.25, 0.3) is 0 Å². The average Bonchev–Trinajstić information content (AvgIpc) is 3.21. The molecule has 30 heavy (non-hydrogen) atoms. The van der Waals surface area contributed by atoms with Gasteiger partial charge in [-0.15, -0.1) is 11.3 Å². The number of likely N-dealkylation sites (tertiary alicyclic amines) is 1. The molecular formula is C20H19ClF2N4O2S. The van der Waals surface area contributed by atoms with Crippen molar-refractivity contribution in [2.24, 2.45) is 4.99 Å². The van der Waals surface area contributed by atoms with Crippen molar-refractivity contribution in [1.29, 1.82) is 0 Å². The van der Waals surface area contributed by atoms with Gasteiger partial charge in [0.15, 0.2) is 10.8 Å². The van der Waals surface area contributed by atoms with Gasteiger partial charge in [-0.25, -0.2) is 18.6 Å². The topological polar surface area (TPSA) is 66.8 Å². The molecule has 2 aromatic rings. The van der Waals surface area contributed by atoms with Crippen LogP contribution < -0.4 is 5.32 Å². The molecule has 0 amide bonds. The third-order valence-electron chi connectivity index (χ3n) is 4.81. The fourth-order valence-electron chi connectivity index (χ4n) is 3.43. The second kappa shape index (κ2) is 8.79. The number of hydrogen-bond donors (Lipinski definition) is 1. The summed E-state index contributed by atoms with van der Waals surface area (Å²) in [5, 5.41) is 5.78. The summed E-state index contributed by atoms with van der Waals surface area (Å²) in [6.07, 6.45) is 0.770. The minimum absolute atomic E-state index is 0.151. The molecule has 1 fully saturated rings. The molecule has 3 heterocycles. The number of carbonyl (C=O) groups is 1. The van der Waals surface area contributed by atoms with E-state index < -0.39 is 24.0 Å². The summed E-state index contributed by atoms with van der Waals surface area (Å²) in [5.74, 6) is -0.571. The molecule has 0 radical (unpaired) electrons. The molecular weight excluding hydrogens is 434 g/mol. The van der Waals surface area contributed by atoms with Gasteiger partial charge < -0.3 is 10.1 Å². The van der Waals surface area contributed by atoms with E-state index in [0.29, 0.717) is 28.6 Å². The highest BCUT2D eigenvalue weighted by Crippen LogP contribution is 2.37. The fourth-order valence-corrected chi connectivity index (χ4v) is 4.28. The molecule has 0 aliphatic carbocycles. The maximum atomic E-state index is 13.6. The van der Waals surface area contributed by atoms with Gasteiger partial charge in [0.2, 0.25) is 0 Å². The minimum atomic E-state index is -0.880. The summed E-state index contributed by atoms with van der Waals surface area (Å²) < 4.78 is 32.3. The van der Waals surface area contributed by atoms with Crippen LogP contribution >= 0.6 is 22.9 Å². The molecule has 1 N–H and O–H groups in total. The lowest BCUT2D eigenvalue weighted by molar-refractivity contribution is -0.139. The Kier molecular flexibility index (Phi) is 6.12. The van der Waals surface area contributed by atoms with Gasteiger partial charge in [-0.1, -0.05) is 17.7 Å². The van der Waals surface area contributed by atoms with Crippen LogP contribution in [0.3, 0.4) is 0 Å². The van der Waals surface area contributed by atoms with Crippen LogP contribution in [0.1, 0.15) is 23.5 Å². The quantitative estimate of drug-likeness (QED) is 0.679. The lowest BCUT2D eigenvalue weighted by Gasteiger charge is -2.37. The van der Waals surface area contributed by atoms with Crippen molar-refractivity contribution in [3.05, 3.63) is 62.5 Å². The summed E-state index contributed by atoms with van der Waals surface area (Å²) in [6.45, 7) is 2.77. The van der Waals surface area contributed by atoms with E-state index in [-0.39, 0.29) is 30.3 Å². The molecule has 2 aliphatic heterocycles. The third kappa shape index (κ3) is 4.23. The van der Waals surface area contributed by atoms with Gasteiger partial charge in [-0.3, -0.25) is 9.89 Å². The zero-order valence-electron chi connectivity index (χ0n) is 16.1. The van der Waals surface area contributed by atoms with Gasteiger partial charge in [0.1, 0.15) is 18.0 Å². The van der Waals surface area contributed by atoms with Crippen LogP contribution in [0.4, 0.5) is 8.78 Å². The number of benzene rings is 1. The third-order valence-corrected chi connectivity index (χ3v) is 5.91. The molecule has 4 rings (SSSR count). The maximum Gasteiger partial charge on any atom is 0.338 e. The number of aliphatic imine (C=N–C) groups is 1. The predicted octanol–water partition coefficient (Wildman–Crippen LogP) is 3.50. The number of esters is 1. The Balaban J connectivity index is 1.81. The molecule has 1 unspecified atom stereocenters. The number of hydrogen-bond acceptors (Lipinski definition) is 7. The standard InChI is InChI=1S/C20H19ClF2N4O2S/c1-2-29-20(28)16-15(10-27-8-12(23)9-27)25-18(19-24-5-6-30-19)26-17(16)13-4-3-11(22)7-14(13)21/h3-7,12,17H,2,8-10H2,1H3,(H,25,26). The summed E-state index contributed by atoms with van der Waals surface area (Å²) in [5.41, 5.74) is 1.29. The first-order valence-electron chi connectivity index (χ1n) is 9.42. The molecule has 1 saturated heterocycles. The Morgan fingerprint density at radius 3 is 2.87 bits per heavy atom. The zero-order valence-corrected chi connectivity index (χ0v) is 17.6. The number of nitrogens with one attached hydrogen (secondary N) is 1. The molecule has 6 nitrogen and oxygen atoms in total. The summed E-state index contributed by atoms with van der Waals surface area (Å²) in [7, 11) is 0. The SMILES string of the molecule is CCOC(=O)C1=C(CN2CC(F)C2)NC(c2nccs2)=NC1c1ccc(F)cc1Cl. The normalized spacial score (nSPS) is 19.9. The fraction of sp³-hybridized carbons (Fsp3) is 0.350. The highest BCUT2D eigenvalue weighted by atomic mass is 35.5. The van der Waals surface area contributed by atoms with Gasteiger partial charge in [0.05, 0.1) is 12.2 Å². The van der Waals surface area contributed by atoms with Gasteiger partial charge in [-0.05, 0) is 19.1 Å². The van der Waals surface area contributed by atoms with Crippen molar-refractivity contribution < 1.29 is 18.3 Å². The largest absolute Gasteiger partial charge is 0.463 e. The van der Waals surface area contributed by atoms with E-state index in [1.54, 1.807) is 13.1 Å². The number of aromatic nitrogens is 1. The second-order valence-electron chi connectivity index (χ2n) is 6.91. The number of rotatable bonds is 6. The number of nitrogens with zero attached hydrogens (tertiary/aromatic N) is 3. The van der Waals surface area contributed by atoms with Crippen molar-refractivity contribution in [2.45, 2.75) is 19.1 Å². The number of alkyl halides is 1. The Hall–Kier alpha value is -2.36. The number of amidine groups is 1. The van der Waals surface area contributed by atoms with E-state index in [4.69, 9.17) is 16.3 Å². The van der Waals surface area contributed by atoms with Crippen molar-refractivity contribution in [3.63, 3.8) is 0 Å². The number of thiazole rings is 1. The van der Waals surface area contributed by atoms with Gasteiger partial charge in [-0.2, -0.15) is 0 Å². The van der Waals surface area contributed by atoms with Crippen LogP contribution in [-0.4, -0.2) is 54.1 Å². The van der Waals surface area contributed by atoms with Gasteiger partial charge >= 0.3 is 5.97 Å². The van der Waals surface area contributed by atoms with Crippen molar-refractivity contribution in [1.82, 2.24) is 15.2 Å². The van der Waals surface area contributed by atoms with E-state index in [2.05, 4.69) is 15.3 Å². The molecule has 0 bridgehead atoms. The van der Waals surface area contributed by atoms with Crippen LogP contribution in [-0.2, 0) is 9.53 Å². The molecule has 0 saturated carbocycles. The van der Waals surface area contributed by atoms with E-state index in [0.717, 1.165) is 0 Å². The van der Waals surface area contributed by atoms with Crippen molar-refractivity contribution in [3.8, 4) is 0 Å². The molecule has 158 valence electrons. The van der Waals surface area contributed by atoms with Crippen LogP contribution in [0, 0.1) is 5.82 Å². The number of carbonyl (C=O) groups excluding carboxylic acids is 1. The lowest BCUT2D eigenvalue weighted by atomic mass is 9.94. The second-order valence-corrected chi connectivity index (χ2v) is 8.21. The van der Waals surface area contributed by atoms with Crippen LogP contribution in [0.15, 0.2) is 46.0 Å². The summed E-state index contributed by atoms with van der Waals surface area (Å²) >= 11 is 7.70. The maximum absolute atomic E-state index is 13.6. The van der Waals surface area contributed by atoms with E-state index in [1.807, 2.05) is 10.3 Å². The van der Waals surface area contributed by atoms with Crippen LogP contribution in [0.25, 0.3) is 0 Å². The predicted molar refractivity (Wildman–Crippen MR) is 111 cm³/mol. The highest BCUT2D eigenvalue weighted by molar-refractivity contribution is 7.11. The summed E-state index contributed by atoms with van der Waals surface area (Å²) in [4.78, 5) is 23.8. The molecule has 1 atom stereocenters. The summed E-state index contributed by atoms with van der Waals surface area (Å²) in [6, 6.07) is 3.15. The highest BCUT2D eigenvalue weighted by Gasteiger charge is 2.36. The first-order valence-corrected chi connectivity index (χ1v) is 10.7. The minimum Gasteiger partial charge on any atom is -0.463 e. The average molecular weight is 453 g/mol.